The van der Waals surface area contributed by atoms with Crippen molar-refractivity contribution in [3.8, 4) is 5.75 Å². The highest BCUT2D eigenvalue weighted by Crippen LogP contribution is 2.27. The summed E-state index contributed by atoms with van der Waals surface area (Å²) in [6.45, 7) is 2.01. The van der Waals surface area contributed by atoms with Crippen LogP contribution in [-0.4, -0.2) is 24.8 Å². The zero-order valence-electron chi connectivity index (χ0n) is 14.8. The van der Waals surface area contributed by atoms with Gasteiger partial charge < -0.3 is 24.9 Å². The van der Waals surface area contributed by atoms with Gasteiger partial charge in [0.25, 0.3) is 0 Å². The number of rotatable bonds is 6. The van der Waals surface area contributed by atoms with Gasteiger partial charge in [-0.3, -0.25) is 0 Å². The Morgan fingerprint density at radius 3 is 2.58 bits per heavy atom. The van der Waals surface area contributed by atoms with Crippen LogP contribution in [0.3, 0.4) is 0 Å². The topological polar surface area (TPSA) is 83.7 Å². The van der Waals surface area contributed by atoms with Crippen LogP contribution in [0.4, 0.5) is 4.79 Å². The maximum absolute atomic E-state index is 12.0. The van der Waals surface area contributed by atoms with E-state index in [2.05, 4.69) is 10.6 Å². The SMILES string of the molecule is COc1ccc(CNC(=O)NCC(C)(O)c2cc3ccccc3o2)cc1. The van der Waals surface area contributed by atoms with Crippen LogP contribution >= 0.6 is 0 Å². The van der Waals surface area contributed by atoms with Crippen molar-refractivity contribution in [3.63, 3.8) is 0 Å². The largest absolute Gasteiger partial charge is 0.497 e. The van der Waals surface area contributed by atoms with Crippen molar-refractivity contribution in [2.75, 3.05) is 13.7 Å². The normalized spacial score (nSPS) is 13.2. The summed E-state index contributed by atoms with van der Waals surface area (Å²) >= 11 is 0. The van der Waals surface area contributed by atoms with Crippen molar-refractivity contribution in [1.82, 2.24) is 10.6 Å². The number of hydrogen-bond acceptors (Lipinski definition) is 4. The molecule has 2 aromatic carbocycles. The lowest BCUT2D eigenvalue weighted by Crippen LogP contribution is -2.43. The minimum absolute atomic E-state index is 0.0290. The van der Waals surface area contributed by atoms with Gasteiger partial charge >= 0.3 is 6.03 Å². The lowest BCUT2D eigenvalue weighted by atomic mass is 10.0. The minimum Gasteiger partial charge on any atom is -0.497 e. The number of para-hydroxylation sites is 1. The molecular formula is C20H22N2O4. The number of carbonyl (C=O) groups is 1. The summed E-state index contributed by atoms with van der Waals surface area (Å²) in [5.41, 5.74) is 0.341. The van der Waals surface area contributed by atoms with Gasteiger partial charge in [0.05, 0.1) is 13.7 Å². The van der Waals surface area contributed by atoms with E-state index in [-0.39, 0.29) is 12.6 Å². The highest BCUT2D eigenvalue weighted by Gasteiger charge is 2.28. The third-order valence-electron chi connectivity index (χ3n) is 4.16. The summed E-state index contributed by atoms with van der Waals surface area (Å²) in [7, 11) is 1.61. The van der Waals surface area contributed by atoms with E-state index in [1.165, 1.54) is 0 Å². The molecule has 136 valence electrons. The first-order valence-corrected chi connectivity index (χ1v) is 8.34. The van der Waals surface area contributed by atoms with Crippen LogP contribution in [0.1, 0.15) is 18.2 Å². The number of amides is 2. The molecule has 3 rings (SSSR count). The molecule has 2 amide bonds. The van der Waals surface area contributed by atoms with Gasteiger partial charge in [-0.25, -0.2) is 4.79 Å². The van der Waals surface area contributed by atoms with Crippen LogP contribution in [0.5, 0.6) is 5.75 Å². The van der Waals surface area contributed by atoms with E-state index in [0.717, 1.165) is 16.7 Å². The van der Waals surface area contributed by atoms with E-state index in [1.54, 1.807) is 20.1 Å². The lowest BCUT2D eigenvalue weighted by Gasteiger charge is -2.21. The van der Waals surface area contributed by atoms with Crippen LogP contribution in [0.25, 0.3) is 11.0 Å². The number of benzene rings is 2. The van der Waals surface area contributed by atoms with E-state index in [4.69, 9.17) is 9.15 Å². The Kier molecular flexibility index (Phi) is 5.14. The molecule has 0 saturated carbocycles. The summed E-state index contributed by atoms with van der Waals surface area (Å²) < 4.78 is 10.8. The average molecular weight is 354 g/mol. The highest BCUT2D eigenvalue weighted by molar-refractivity contribution is 5.78. The fourth-order valence-corrected chi connectivity index (χ4v) is 2.58. The number of nitrogens with one attached hydrogen (secondary N) is 2. The van der Waals surface area contributed by atoms with Crippen LogP contribution in [0.15, 0.2) is 59.0 Å². The van der Waals surface area contributed by atoms with Gasteiger partial charge in [-0.1, -0.05) is 30.3 Å². The molecule has 0 radical (unpaired) electrons. The summed E-state index contributed by atoms with van der Waals surface area (Å²) in [6.07, 6.45) is 0. The van der Waals surface area contributed by atoms with Gasteiger partial charge in [0.2, 0.25) is 0 Å². The molecule has 3 N–H and O–H groups in total. The Hall–Kier alpha value is -2.99. The number of fused-ring (bicyclic) bond motifs is 1. The molecule has 3 aromatic rings. The maximum Gasteiger partial charge on any atom is 0.315 e. The lowest BCUT2D eigenvalue weighted by molar-refractivity contribution is 0.0383. The molecule has 1 aromatic heterocycles. The molecule has 0 spiro atoms. The van der Waals surface area contributed by atoms with Crippen LogP contribution in [-0.2, 0) is 12.1 Å². The van der Waals surface area contributed by atoms with E-state index in [0.29, 0.717) is 17.9 Å². The van der Waals surface area contributed by atoms with E-state index < -0.39 is 5.60 Å². The second-order valence-corrected chi connectivity index (χ2v) is 6.31. The number of ether oxygens (including phenoxy) is 1. The molecule has 0 aliphatic rings. The number of urea groups is 1. The molecule has 0 bridgehead atoms. The predicted octanol–water partition coefficient (Wildman–Crippen LogP) is 3.15. The fraction of sp³-hybridized carbons (Fsp3) is 0.250. The predicted molar refractivity (Wildman–Crippen MR) is 99.0 cm³/mol. The number of carbonyl (C=O) groups excluding carboxylic acids is 1. The first-order chi connectivity index (χ1) is 12.5. The molecular weight excluding hydrogens is 332 g/mol. The van der Waals surface area contributed by atoms with E-state index in [9.17, 15) is 9.90 Å². The fourth-order valence-electron chi connectivity index (χ4n) is 2.58. The van der Waals surface area contributed by atoms with Crippen molar-refractivity contribution in [2.45, 2.75) is 19.1 Å². The van der Waals surface area contributed by atoms with Gasteiger partial charge in [0, 0.05) is 11.9 Å². The molecule has 0 saturated heterocycles. The zero-order chi connectivity index (χ0) is 18.6. The molecule has 26 heavy (non-hydrogen) atoms. The zero-order valence-corrected chi connectivity index (χ0v) is 14.8. The molecule has 1 atom stereocenters. The van der Waals surface area contributed by atoms with Crippen LogP contribution in [0.2, 0.25) is 0 Å². The van der Waals surface area contributed by atoms with Crippen molar-refractivity contribution < 1.29 is 19.1 Å². The van der Waals surface area contributed by atoms with E-state index in [1.807, 2.05) is 48.5 Å². The quantitative estimate of drug-likeness (QED) is 0.635. The molecule has 0 aliphatic carbocycles. The maximum atomic E-state index is 12.0. The third-order valence-corrected chi connectivity index (χ3v) is 4.16. The first kappa shape index (κ1) is 17.8. The van der Waals surface area contributed by atoms with Crippen molar-refractivity contribution in [3.05, 3.63) is 65.9 Å². The number of furan rings is 1. The van der Waals surface area contributed by atoms with Crippen LogP contribution in [0, 0.1) is 0 Å². The summed E-state index contributed by atoms with van der Waals surface area (Å²) in [5, 5.41) is 17.0. The second kappa shape index (κ2) is 7.49. The minimum atomic E-state index is -1.31. The number of hydrogen-bond donors (Lipinski definition) is 3. The highest BCUT2D eigenvalue weighted by atomic mass is 16.5. The van der Waals surface area contributed by atoms with Crippen LogP contribution < -0.4 is 15.4 Å². The van der Waals surface area contributed by atoms with Gasteiger partial charge in [0.15, 0.2) is 0 Å². The summed E-state index contributed by atoms with van der Waals surface area (Å²) in [6, 6.07) is 16.4. The Labute approximate surface area is 151 Å². The van der Waals surface area contributed by atoms with Gasteiger partial charge in [-0.15, -0.1) is 0 Å². The Bertz CT molecular complexity index is 851. The summed E-state index contributed by atoms with van der Waals surface area (Å²) in [5.74, 6) is 1.18. The number of aliphatic hydroxyl groups is 1. The Morgan fingerprint density at radius 1 is 1.15 bits per heavy atom. The standard InChI is InChI=1S/C20H22N2O4/c1-20(24,18-11-15-5-3-4-6-17(15)26-18)13-22-19(23)21-12-14-7-9-16(25-2)10-8-14/h3-11,24H,12-13H2,1-2H3,(H2,21,22,23). The summed E-state index contributed by atoms with van der Waals surface area (Å²) in [4.78, 5) is 12.0. The number of methoxy groups -OCH3 is 1. The smallest absolute Gasteiger partial charge is 0.315 e. The van der Waals surface area contributed by atoms with E-state index >= 15 is 0 Å². The monoisotopic (exact) mass is 354 g/mol. The average Bonchev–Trinajstić information content (AvgIpc) is 3.10. The second-order valence-electron chi connectivity index (χ2n) is 6.31. The molecule has 6 nitrogen and oxygen atoms in total. The Morgan fingerprint density at radius 2 is 1.88 bits per heavy atom. The molecule has 0 aliphatic heterocycles. The van der Waals surface area contributed by atoms with Crippen molar-refractivity contribution >= 4 is 17.0 Å². The first-order valence-electron chi connectivity index (χ1n) is 8.34. The molecule has 1 unspecified atom stereocenters. The van der Waals surface area contributed by atoms with Gasteiger partial charge in [-0.2, -0.15) is 0 Å². The third kappa shape index (κ3) is 4.15. The van der Waals surface area contributed by atoms with Crippen molar-refractivity contribution in [1.29, 1.82) is 0 Å². The van der Waals surface area contributed by atoms with Gasteiger partial charge in [0.1, 0.15) is 22.7 Å². The molecule has 0 fully saturated rings. The molecule has 1 heterocycles. The molecule has 6 heteroatoms. The van der Waals surface area contributed by atoms with Gasteiger partial charge in [-0.05, 0) is 36.8 Å². The Balaban J connectivity index is 1.53. The van der Waals surface area contributed by atoms with Crippen molar-refractivity contribution in [2.24, 2.45) is 0 Å².